The molecule has 0 unspecified atom stereocenters. The Hall–Kier alpha value is 0.208. The molecule has 0 aliphatic rings. The average molecular weight is 239 g/mol. The maximum absolute atomic E-state index is 5.96. The Morgan fingerprint density at radius 2 is 1.60 bits per heavy atom. The Kier molecular flexibility index (Phi) is 112. The van der Waals surface area contributed by atoms with Crippen LogP contribution < -0.4 is 0 Å². The van der Waals surface area contributed by atoms with Crippen LogP contribution in [-0.2, 0) is 21.1 Å². The predicted molar refractivity (Wildman–Crippen MR) is 18.1 cm³/mol. The molecule has 0 spiro atoms. The molecule has 0 saturated heterocycles. The Balaban J connectivity index is -0.0000000200. The molecule has 0 heterocycles. The smallest absolute Gasteiger partial charge is 0.694 e. The van der Waals surface area contributed by atoms with E-state index in [1.807, 2.05) is 5.92 Å². The van der Waals surface area contributed by atoms with Crippen LogP contribution in [0.4, 0.5) is 0 Å². The van der Waals surface area contributed by atoms with Gasteiger partial charge in [-0.15, -0.1) is 0 Å². The molecule has 0 amide bonds. The van der Waals surface area contributed by atoms with Gasteiger partial charge in [0, 0.05) is 0 Å². The monoisotopic (exact) mass is 239 g/mol. The van der Waals surface area contributed by atoms with Crippen LogP contribution in [0.1, 0.15) is 6.92 Å². The molecule has 0 radical (unpaired) electrons. The quantitative estimate of drug-likeness (QED) is 0.451. The molecule has 0 aromatic carbocycles. The summed E-state index contributed by atoms with van der Waals surface area (Å²) in [5, 5.41) is 0. The van der Waals surface area contributed by atoms with E-state index in [0.29, 0.717) is 0 Å². The molecule has 0 aliphatic heterocycles. The molecule has 0 bridgehead atoms. The normalized spacial score (nSPS) is 1.60. The van der Waals surface area contributed by atoms with E-state index >= 15 is 0 Å². The average Bonchev–Trinajstić information content (AvgIpc) is 0.918. The summed E-state index contributed by atoms with van der Waals surface area (Å²) in [4.78, 5) is 0. The molecule has 0 aromatic rings. The molecule has 2 heteroatoms. The van der Waals surface area contributed by atoms with Crippen molar-refractivity contribution < 1.29 is 21.1 Å². The Morgan fingerprint density at radius 3 is 1.60 bits per heavy atom. The molecule has 5 heavy (non-hydrogen) atoms. The molecule has 0 aromatic heterocycles. The van der Waals surface area contributed by atoms with Gasteiger partial charge in [-0.3, -0.25) is 0 Å². The second kappa shape index (κ2) is 29.7. The summed E-state index contributed by atoms with van der Waals surface area (Å²) in [6.07, 6.45) is 5.96. The first kappa shape index (κ1) is 18.9. The Bertz CT molecular complexity index is 28.4. The van der Waals surface area contributed by atoms with Crippen molar-refractivity contribution in [2.24, 2.45) is 0 Å². The number of hydrogen-bond acceptors (Lipinski definition) is 0. The third-order valence-electron chi connectivity index (χ3n) is 0. The zero-order valence-corrected chi connectivity index (χ0v) is 5.92. The van der Waals surface area contributed by atoms with E-state index in [2.05, 4.69) is 0 Å². The van der Waals surface area contributed by atoms with Gasteiger partial charge >= 0.3 is 21.1 Å². The van der Waals surface area contributed by atoms with Gasteiger partial charge in [0.15, 0.2) is 0 Å². The van der Waals surface area contributed by atoms with E-state index in [1.165, 1.54) is 0 Å². The van der Waals surface area contributed by atoms with Gasteiger partial charge in [-0.25, -0.2) is 0 Å². The summed E-state index contributed by atoms with van der Waals surface area (Å²) in [6.45, 7) is 1.54. The SMILES string of the molecule is [C-]#CC.[NH2-].[W+2]. The van der Waals surface area contributed by atoms with E-state index in [9.17, 15) is 0 Å². The van der Waals surface area contributed by atoms with Gasteiger partial charge in [0.05, 0.1) is 0 Å². The summed E-state index contributed by atoms with van der Waals surface area (Å²) in [6, 6.07) is 0. The first-order chi connectivity index (χ1) is 1.41. The van der Waals surface area contributed by atoms with E-state index in [-0.39, 0.29) is 27.2 Å². The van der Waals surface area contributed by atoms with Crippen LogP contribution >= 0.6 is 0 Å². The Labute approximate surface area is 47.0 Å². The molecule has 0 rings (SSSR count). The van der Waals surface area contributed by atoms with Gasteiger partial charge in [-0.2, -0.15) is 0 Å². The molecule has 0 saturated carbocycles. The van der Waals surface area contributed by atoms with Gasteiger partial charge in [0.1, 0.15) is 0 Å². The molecule has 28 valence electrons. The molecule has 2 N–H and O–H groups in total. The molecule has 1 nitrogen and oxygen atoms in total. The van der Waals surface area contributed by atoms with Gasteiger partial charge in [0.25, 0.3) is 0 Å². The van der Waals surface area contributed by atoms with E-state index in [4.69, 9.17) is 6.42 Å². The summed E-state index contributed by atoms with van der Waals surface area (Å²) >= 11 is 0. The maximum atomic E-state index is 5.96. The van der Waals surface area contributed by atoms with E-state index in [0.717, 1.165) is 0 Å². The largest absolute Gasteiger partial charge is 2.00 e. The fourth-order valence-corrected chi connectivity index (χ4v) is 0. The van der Waals surface area contributed by atoms with Crippen molar-refractivity contribution in [1.29, 1.82) is 0 Å². The number of hydrogen-bond donors (Lipinski definition) is 0. The van der Waals surface area contributed by atoms with Gasteiger partial charge in [-0.05, 0) is 6.92 Å². The van der Waals surface area contributed by atoms with Crippen LogP contribution in [0.15, 0.2) is 0 Å². The van der Waals surface area contributed by atoms with Crippen LogP contribution in [0.3, 0.4) is 0 Å². The van der Waals surface area contributed by atoms with E-state index in [1.54, 1.807) is 6.92 Å². The van der Waals surface area contributed by atoms with Crippen molar-refractivity contribution in [2.75, 3.05) is 0 Å². The number of rotatable bonds is 0. The summed E-state index contributed by atoms with van der Waals surface area (Å²) < 4.78 is 0. The fraction of sp³-hybridized carbons (Fsp3) is 0.333. The minimum Gasteiger partial charge on any atom is -0.694 e. The number of nitrogens with two attached hydrogens (primary N) is 1. The van der Waals surface area contributed by atoms with Crippen molar-refractivity contribution in [3.8, 4) is 5.92 Å². The predicted octanol–water partition coefficient (Wildman–Crippen LogP) is 1.31. The second-order valence-electron chi connectivity index (χ2n) is 0.250. The zero-order valence-electron chi connectivity index (χ0n) is 2.99. The standard InChI is InChI=1S/C3H3.H2N.W/c1-3-2;;/h1H3;1H2;/q2*-1;+2. The fourth-order valence-electron chi connectivity index (χ4n) is 0. The summed E-state index contributed by atoms with van der Waals surface area (Å²) in [5.74, 6) is 2.00. The first-order valence-corrected chi connectivity index (χ1v) is 0.750. The minimum absolute atomic E-state index is 0. The van der Waals surface area contributed by atoms with Crippen molar-refractivity contribution in [2.45, 2.75) is 6.92 Å². The van der Waals surface area contributed by atoms with Crippen LogP contribution in [0.2, 0.25) is 0 Å². The summed E-state index contributed by atoms with van der Waals surface area (Å²) in [7, 11) is 0. The van der Waals surface area contributed by atoms with Crippen LogP contribution in [0.5, 0.6) is 0 Å². The van der Waals surface area contributed by atoms with Gasteiger partial charge in [0.2, 0.25) is 0 Å². The molecular weight excluding hydrogens is 234 g/mol. The third kappa shape index (κ3) is 473. The minimum atomic E-state index is 0. The van der Waals surface area contributed by atoms with Crippen molar-refractivity contribution in [3.63, 3.8) is 0 Å². The van der Waals surface area contributed by atoms with E-state index < -0.39 is 0 Å². The van der Waals surface area contributed by atoms with Gasteiger partial charge < -0.3 is 18.5 Å². The molecule has 0 atom stereocenters. The first-order valence-electron chi connectivity index (χ1n) is 0.750. The van der Waals surface area contributed by atoms with Crippen LogP contribution in [0.25, 0.3) is 6.15 Å². The maximum Gasteiger partial charge on any atom is 2.00 e. The van der Waals surface area contributed by atoms with Crippen molar-refractivity contribution >= 4 is 0 Å². The zero-order chi connectivity index (χ0) is 2.71. The van der Waals surface area contributed by atoms with Crippen LogP contribution in [0, 0.1) is 12.3 Å². The van der Waals surface area contributed by atoms with Crippen molar-refractivity contribution in [3.05, 3.63) is 12.6 Å². The molecule has 0 fully saturated rings. The molecule has 0 aliphatic carbocycles. The topological polar surface area (TPSA) is 33.5 Å². The van der Waals surface area contributed by atoms with Gasteiger partial charge in [-0.1, -0.05) is 0 Å². The second-order valence-corrected chi connectivity index (χ2v) is 0.250. The summed E-state index contributed by atoms with van der Waals surface area (Å²) in [5.41, 5.74) is 0. The molecular formula is C3H5NW. The third-order valence-corrected chi connectivity index (χ3v) is 0. The van der Waals surface area contributed by atoms with Crippen molar-refractivity contribution in [1.82, 2.24) is 0 Å². The van der Waals surface area contributed by atoms with Crippen LogP contribution in [-0.4, -0.2) is 0 Å². The Morgan fingerprint density at radius 1 is 1.60 bits per heavy atom.